The number of piperidine rings is 1. The highest BCUT2D eigenvalue weighted by Crippen LogP contribution is 2.58. The summed E-state index contributed by atoms with van der Waals surface area (Å²) in [4.78, 5) is 38.4. The fourth-order valence-corrected chi connectivity index (χ4v) is 5.30. The number of nitrogens with one attached hydrogen (secondary N) is 1. The number of hydrogen-bond acceptors (Lipinski definition) is 7. The van der Waals surface area contributed by atoms with Crippen LogP contribution in [-0.4, -0.2) is 23.4 Å². The third kappa shape index (κ3) is 4.25. The van der Waals surface area contributed by atoms with Crippen molar-refractivity contribution >= 4 is 17.6 Å². The molecule has 0 spiro atoms. The minimum Gasteiger partial charge on any atom is -0.465 e. The van der Waals surface area contributed by atoms with E-state index in [0.717, 1.165) is 0 Å². The molecule has 0 saturated carbocycles. The van der Waals surface area contributed by atoms with E-state index in [1.54, 1.807) is 67.6 Å². The first-order chi connectivity index (χ1) is 18.3. The highest BCUT2D eigenvalue weighted by molar-refractivity contribution is 5.95. The van der Waals surface area contributed by atoms with Crippen molar-refractivity contribution in [1.82, 2.24) is 5.32 Å². The molecule has 1 fully saturated rings. The van der Waals surface area contributed by atoms with E-state index in [9.17, 15) is 30.2 Å². The molecule has 0 aromatic heterocycles. The number of nitriles is 2. The lowest BCUT2D eigenvalue weighted by molar-refractivity contribution is -0.384. The third-order valence-electron chi connectivity index (χ3n) is 6.98. The molecule has 1 saturated heterocycles. The summed E-state index contributed by atoms with van der Waals surface area (Å²) < 4.78 is 5.45. The van der Waals surface area contributed by atoms with Gasteiger partial charge in [0.1, 0.15) is 5.41 Å². The fourth-order valence-electron chi connectivity index (χ4n) is 5.30. The molecule has 3 aromatic rings. The Bertz CT molecular complexity index is 1430. The van der Waals surface area contributed by atoms with E-state index < -0.39 is 39.6 Å². The predicted octanol–water partition coefficient (Wildman–Crippen LogP) is 4.38. The Morgan fingerprint density at radius 1 is 0.974 bits per heavy atom. The van der Waals surface area contributed by atoms with Crippen molar-refractivity contribution in [1.29, 1.82) is 10.5 Å². The number of ether oxygens (including phenoxy) is 1. The second-order valence-corrected chi connectivity index (χ2v) is 9.05. The molecule has 4 atom stereocenters. The van der Waals surface area contributed by atoms with Gasteiger partial charge in [0.25, 0.3) is 5.69 Å². The van der Waals surface area contributed by atoms with Crippen molar-refractivity contribution in [3.63, 3.8) is 0 Å². The normalized spacial score (nSPS) is 24.3. The Kier molecular flexibility index (Phi) is 7.22. The molecule has 1 aliphatic rings. The van der Waals surface area contributed by atoms with Crippen LogP contribution in [0.1, 0.15) is 35.6 Å². The number of rotatable bonds is 7. The van der Waals surface area contributed by atoms with Gasteiger partial charge in [0, 0.05) is 24.5 Å². The molecular formula is C29H24N4O5. The van der Waals surface area contributed by atoms with Crippen LogP contribution < -0.4 is 5.32 Å². The van der Waals surface area contributed by atoms with Crippen LogP contribution in [0.2, 0.25) is 0 Å². The molecule has 9 heteroatoms. The van der Waals surface area contributed by atoms with E-state index in [0.29, 0.717) is 16.7 Å². The molecule has 0 radical (unpaired) electrons. The quantitative estimate of drug-likeness (QED) is 0.283. The number of carbonyl (C=O) groups is 2. The van der Waals surface area contributed by atoms with Gasteiger partial charge in [-0.3, -0.25) is 19.7 Å². The van der Waals surface area contributed by atoms with Gasteiger partial charge in [-0.15, -0.1) is 0 Å². The Labute approximate surface area is 219 Å². The zero-order chi connectivity index (χ0) is 27.3. The molecule has 4 rings (SSSR count). The van der Waals surface area contributed by atoms with E-state index >= 15 is 0 Å². The first-order valence-corrected chi connectivity index (χ1v) is 12.0. The van der Waals surface area contributed by atoms with Crippen LogP contribution in [0.15, 0.2) is 84.9 Å². The lowest BCUT2D eigenvalue weighted by Crippen LogP contribution is -2.63. The molecule has 1 amide bonds. The van der Waals surface area contributed by atoms with Crippen LogP contribution in [0.25, 0.3) is 0 Å². The van der Waals surface area contributed by atoms with E-state index in [1.807, 2.05) is 0 Å². The summed E-state index contributed by atoms with van der Waals surface area (Å²) in [6.07, 6.45) is -0.197. The van der Waals surface area contributed by atoms with Gasteiger partial charge >= 0.3 is 5.97 Å². The number of non-ortho nitro benzene ring substituents is 1. The lowest BCUT2D eigenvalue weighted by atomic mass is 9.52. The number of nitrogens with zero attached hydrogens (tertiary/aromatic N) is 3. The smallest absolute Gasteiger partial charge is 0.329 e. The highest BCUT2D eigenvalue weighted by Gasteiger charge is 2.68. The van der Waals surface area contributed by atoms with E-state index in [-0.39, 0.29) is 18.7 Å². The number of nitro groups is 1. The number of hydrogen-bond donors (Lipinski definition) is 1. The van der Waals surface area contributed by atoms with Crippen LogP contribution >= 0.6 is 0 Å². The minimum absolute atomic E-state index is 0.0128. The molecular weight excluding hydrogens is 484 g/mol. The predicted molar refractivity (Wildman–Crippen MR) is 136 cm³/mol. The first-order valence-electron chi connectivity index (χ1n) is 12.0. The zero-order valence-electron chi connectivity index (χ0n) is 20.5. The van der Waals surface area contributed by atoms with E-state index in [1.165, 1.54) is 24.3 Å². The van der Waals surface area contributed by atoms with Gasteiger partial charge in [0.2, 0.25) is 5.91 Å². The monoisotopic (exact) mass is 508 g/mol. The summed E-state index contributed by atoms with van der Waals surface area (Å²) in [6, 6.07) is 25.9. The number of carbonyl (C=O) groups excluding carboxylic acids is 2. The van der Waals surface area contributed by atoms with E-state index in [2.05, 4.69) is 17.5 Å². The van der Waals surface area contributed by atoms with Crippen LogP contribution in [0.4, 0.5) is 5.69 Å². The van der Waals surface area contributed by atoms with Gasteiger partial charge in [-0.2, -0.15) is 10.5 Å². The van der Waals surface area contributed by atoms with Crippen LogP contribution in [-0.2, 0) is 20.7 Å². The second-order valence-electron chi connectivity index (χ2n) is 9.05. The number of esters is 1. The summed E-state index contributed by atoms with van der Waals surface area (Å²) in [6.45, 7) is 1.61. The van der Waals surface area contributed by atoms with Crippen molar-refractivity contribution in [2.24, 2.45) is 10.8 Å². The van der Waals surface area contributed by atoms with Gasteiger partial charge in [-0.1, -0.05) is 72.8 Å². The maximum Gasteiger partial charge on any atom is 0.329 e. The van der Waals surface area contributed by atoms with Crippen molar-refractivity contribution in [2.45, 2.75) is 25.3 Å². The molecule has 38 heavy (non-hydrogen) atoms. The van der Waals surface area contributed by atoms with Gasteiger partial charge in [-0.25, -0.2) is 0 Å². The summed E-state index contributed by atoms with van der Waals surface area (Å²) in [7, 11) is 0. The van der Waals surface area contributed by atoms with Crippen molar-refractivity contribution in [3.8, 4) is 12.1 Å². The summed E-state index contributed by atoms with van der Waals surface area (Å²) in [5.74, 6) is -2.75. The first kappa shape index (κ1) is 26.1. The minimum atomic E-state index is -2.01. The summed E-state index contributed by atoms with van der Waals surface area (Å²) >= 11 is 0. The highest BCUT2D eigenvalue weighted by atomic mass is 16.6. The summed E-state index contributed by atoms with van der Waals surface area (Å²) in [5.41, 5.74) is -2.66. The zero-order valence-corrected chi connectivity index (χ0v) is 20.5. The lowest BCUT2D eigenvalue weighted by Gasteiger charge is -2.50. The largest absolute Gasteiger partial charge is 0.465 e. The molecule has 1 N–H and O–H groups in total. The van der Waals surface area contributed by atoms with Crippen molar-refractivity contribution < 1.29 is 19.2 Å². The van der Waals surface area contributed by atoms with Gasteiger partial charge in [0.05, 0.1) is 29.7 Å². The maximum absolute atomic E-state index is 14.0. The molecule has 1 heterocycles. The molecule has 3 aromatic carbocycles. The Morgan fingerprint density at radius 2 is 1.55 bits per heavy atom. The van der Waals surface area contributed by atoms with Crippen molar-refractivity contribution in [2.75, 3.05) is 6.61 Å². The van der Waals surface area contributed by atoms with Gasteiger partial charge < -0.3 is 10.1 Å². The third-order valence-corrected chi connectivity index (χ3v) is 6.98. The molecule has 1 aliphatic heterocycles. The van der Waals surface area contributed by atoms with E-state index in [4.69, 9.17) is 4.74 Å². The Balaban J connectivity index is 2.00. The van der Waals surface area contributed by atoms with Gasteiger partial charge in [-0.05, 0) is 23.6 Å². The SMILES string of the molecule is CCOC(=O)C1(C#N)C(c2ccccc2)NC(=O)C(C#N)(Cc2ccc([N+](=O)[O-])cc2)C1c1ccccc1. The van der Waals surface area contributed by atoms with Gasteiger partial charge in [0.15, 0.2) is 5.41 Å². The Hall–Kier alpha value is -5.02. The molecule has 0 bridgehead atoms. The molecule has 190 valence electrons. The average Bonchev–Trinajstić information content (AvgIpc) is 2.95. The fraction of sp³-hybridized carbons (Fsp3) is 0.241. The molecule has 0 aliphatic carbocycles. The average molecular weight is 509 g/mol. The Morgan fingerprint density at radius 3 is 2.05 bits per heavy atom. The second kappa shape index (κ2) is 10.5. The number of benzene rings is 3. The van der Waals surface area contributed by atoms with Crippen molar-refractivity contribution in [3.05, 3.63) is 112 Å². The van der Waals surface area contributed by atoms with Crippen LogP contribution in [0, 0.1) is 43.6 Å². The topological polar surface area (TPSA) is 146 Å². The molecule has 9 nitrogen and oxygen atoms in total. The van der Waals surface area contributed by atoms with Crippen LogP contribution in [0.3, 0.4) is 0 Å². The number of nitro benzene ring substituents is 1. The standard InChI is InChI=1S/C29H24N4O5/c1-2-38-27(35)29(19-31)24(21-9-5-3-6-10-21)28(18-30,17-20-13-15-23(16-14-20)33(36)37)26(34)32-25(29)22-11-7-4-8-12-22/h3-16,24-25H,2,17H2,1H3,(H,32,34). The van der Waals surface area contributed by atoms with Crippen LogP contribution in [0.5, 0.6) is 0 Å². The molecule has 4 unspecified atom stereocenters. The number of amides is 1. The maximum atomic E-state index is 14.0. The summed E-state index contributed by atoms with van der Waals surface area (Å²) in [5, 5.41) is 35.4.